The molecule has 0 saturated heterocycles. The number of aromatic nitrogens is 3. The summed E-state index contributed by atoms with van der Waals surface area (Å²) in [5.74, 6) is 0.838. The molecule has 1 saturated carbocycles. The standard InChI is InChI=1S/C16H15N5O3S/c17-16(6-1-2-7-16)15-19-13(24-20-15)12-9-25-14(18-12)10-4-3-5-11(8-10)21(22)23/h3-5,8-9H,1-2,6-7,17H2. The first-order valence-electron chi connectivity index (χ1n) is 7.89. The number of nitro groups is 1. The van der Waals surface area contributed by atoms with Crippen molar-refractivity contribution in [3.8, 4) is 22.2 Å². The third-order valence-electron chi connectivity index (χ3n) is 4.39. The van der Waals surface area contributed by atoms with Gasteiger partial charge in [-0.2, -0.15) is 4.98 Å². The molecule has 0 atom stereocenters. The SMILES string of the molecule is NC1(c2noc(-c3csc(-c4cccc([N+](=O)[O-])c4)n3)n2)CCCC1. The maximum Gasteiger partial charge on any atom is 0.277 e. The Labute approximate surface area is 146 Å². The topological polar surface area (TPSA) is 121 Å². The Morgan fingerprint density at radius 3 is 2.84 bits per heavy atom. The molecular weight excluding hydrogens is 342 g/mol. The summed E-state index contributed by atoms with van der Waals surface area (Å²) in [7, 11) is 0. The average molecular weight is 357 g/mol. The molecule has 9 heteroatoms. The van der Waals surface area contributed by atoms with Crippen molar-refractivity contribution in [1.29, 1.82) is 0 Å². The summed E-state index contributed by atoms with van der Waals surface area (Å²) in [4.78, 5) is 19.4. The quantitative estimate of drug-likeness (QED) is 0.560. The van der Waals surface area contributed by atoms with Gasteiger partial charge < -0.3 is 10.3 Å². The van der Waals surface area contributed by atoms with Gasteiger partial charge in [0.2, 0.25) is 0 Å². The Morgan fingerprint density at radius 2 is 2.08 bits per heavy atom. The molecule has 25 heavy (non-hydrogen) atoms. The largest absolute Gasteiger partial charge is 0.332 e. The summed E-state index contributed by atoms with van der Waals surface area (Å²) in [5.41, 5.74) is 7.09. The molecule has 8 nitrogen and oxygen atoms in total. The van der Waals surface area contributed by atoms with Gasteiger partial charge in [-0.1, -0.05) is 30.1 Å². The lowest BCUT2D eigenvalue weighted by Gasteiger charge is -2.17. The lowest BCUT2D eigenvalue weighted by molar-refractivity contribution is -0.384. The van der Waals surface area contributed by atoms with E-state index in [4.69, 9.17) is 10.3 Å². The second kappa shape index (κ2) is 6.01. The third kappa shape index (κ3) is 2.92. The Kier molecular flexibility index (Phi) is 3.81. The van der Waals surface area contributed by atoms with E-state index in [9.17, 15) is 10.1 Å². The Bertz CT molecular complexity index is 929. The van der Waals surface area contributed by atoms with Gasteiger partial charge in [0.15, 0.2) is 5.82 Å². The number of rotatable bonds is 4. The molecule has 3 aromatic rings. The minimum absolute atomic E-state index is 0.0284. The predicted octanol–water partition coefficient (Wildman–Crippen LogP) is 3.50. The molecule has 0 unspecified atom stereocenters. The normalized spacial score (nSPS) is 16.2. The van der Waals surface area contributed by atoms with Gasteiger partial charge in [0.1, 0.15) is 10.7 Å². The Hall–Kier alpha value is -2.65. The van der Waals surface area contributed by atoms with E-state index in [-0.39, 0.29) is 5.69 Å². The van der Waals surface area contributed by atoms with Crippen LogP contribution >= 0.6 is 11.3 Å². The molecule has 1 aliphatic carbocycles. The molecule has 4 rings (SSSR count). The van der Waals surface area contributed by atoms with E-state index in [1.807, 2.05) is 0 Å². The van der Waals surface area contributed by atoms with Gasteiger partial charge >= 0.3 is 0 Å². The van der Waals surface area contributed by atoms with Crippen LogP contribution in [0.5, 0.6) is 0 Å². The van der Waals surface area contributed by atoms with Gasteiger partial charge in [0.25, 0.3) is 11.6 Å². The summed E-state index contributed by atoms with van der Waals surface area (Å²) in [6, 6.07) is 6.36. The number of hydrogen-bond acceptors (Lipinski definition) is 8. The first-order chi connectivity index (χ1) is 12.0. The average Bonchev–Trinajstić information content (AvgIpc) is 3.35. The molecule has 0 aliphatic heterocycles. The van der Waals surface area contributed by atoms with Crippen molar-refractivity contribution in [3.63, 3.8) is 0 Å². The summed E-state index contributed by atoms with van der Waals surface area (Å²) in [6.07, 6.45) is 3.83. The minimum Gasteiger partial charge on any atom is -0.332 e. The van der Waals surface area contributed by atoms with E-state index in [1.54, 1.807) is 17.5 Å². The van der Waals surface area contributed by atoms with Gasteiger partial charge in [-0.25, -0.2) is 4.98 Å². The zero-order valence-electron chi connectivity index (χ0n) is 13.2. The highest BCUT2D eigenvalue weighted by Gasteiger charge is 2.36. The molecule has 128 valence electrons. The van der Waals surface area contributed by atoms with E-state index >= 15 is 0 Å². The first kappa shape index (κ1) is 15.9. The molecule has 2 N–H and O–H groups in total. The van der Waals surface area contributed by atoms with Crippen molar-refractivity contribution in [1.82, 2.24) is 15.1 Å². The Balaban J connectivity index is 1.63. The van der Waals surface area contributed by atoms with Gasteiger partial charge in [-0.3, -0.25) is 10.1 Å². The number of nitro benzene ring substituents is 1. The monoisotopic (exact) mass is 357 g/mol. The van der Waals surface area contributed by atoms with Crippen LogP contribution in [0.1, 0.15) is 31.5 Å². The summed E-state index contributed by atoms with van der Waals surface area (Å²) >= 11 is 1.37. The van der Waals surface area contributed by atoms with Crippen LogP contribution in [-0.4, -0.2) is 20.0 Å². The zero-order valence-corrected chi connectivity index (χ0v) is 14.0. The summed E-state index contributed by atoms with van der Waals surface area (Å²) in [6.45, 7) is 0. The molecule has 0 radical (unpaired) electrons. The number of benzene rings is 1. The third-order valence-corrected chi connectivity index (χ3v) is 5.29. The molecule has 1 fully saturated rings. The minimum atomic E-state index is -0.513. The van der Waals surface area contributed by atoms with Crippen LogP contribution in [-0.2, 0) is 5.54 Å². The fourth-order valence-electron chi connectivity index (χ4n) is 3.02. The smallest absolute Gasteiger partial charge is 0.277 e. The highest BCUT2D eigenvalue weighted by molar-refractivity contribution is 7.13. The summed E-state index contributed by atoms with van der Waals surface area (Å²) in [5, 5.41) is 17.4. The van der Waals surface area contributed by atoms with Crippen molar-refractivity contribution in [2.24, 2.45) is 5.73 Å². The number of nitrogens with zero attached hydrogens (tertiary/aromatic N) is 4. The summed E-state index contributed by atoms with van der Waals surface area (Å²) < 4.78 is 5.33. The number of hydrogen-bond donors (Lipinski definition) is 1. The lowest BCUT2D eigenvalue weighted by Crippen LogP contribution is -2.34. The van der Waals surface area contributed by atoms with Crippen molar-refractivity contribution < 1.29 is 9.45 Å². The Morgan fingerprint density at radius 1 is 1.28 bits per heavy atom. The predicted molar refractivity (Wildman–Crippen MR) is 91.8 cm³/mol. The molecule has 0 spiro atoms. The fraction of sp³-hybridized carbons (Fsp3) is 0.312. The van der Waals surface area contributed by atoms with Crippen molar-refractivity contribution in [3.05, 3.63) is 45.6 Å². The molecule has 0 amide bonds. The molecule has 2 aromatic heterocycles. The van der Waals surface area contributed by atoms with Crippen molar-refractivity contribution in [2.45, 2.75) is 31.2 Å². The number of thiazole rings is 1. The van der Waals surface area contributed by atoms with Crippen LogP contribution in [0.25, 0.3) is 22.2 Å². The molecular formula is C16H15N5O3S. The molecule has 1 aromatic carbocycles. The molecule has 1 aliphatic rings. The van der Waals surface area contributed by atoms with E-state index in [1.165, 1.54) is 23.5 Å². The zero-order chi connectivity index (χ0) is 17.4. The van der Waals surface area contributed by atoms with Crippen LogP contribution in [0.4, 0.5) is 5.69 Å². The van der Waals surface area contributed by atoms with Crippen molar-refractivity contribution >= 4 is 17.0 Å². The highest BCUT2D eigenvalue weighted by Crippen LogP contribution is 2.36. The maximum atomic E-state index is 10.9. The van der Waals surface area contributed by atoms with Gasteiger partial charge in [0.05, 0.1) is 10.5 Å². The number of nitrogens with two attached hydrogens (primary N) is 1. The van der Waals surface area contributed by atoms with E-state index in [0.29, 0.717) is 28.0 Å². The highest BCUT2D eigenvalue weighted by atomic mass is 32.1. The van der Waals surface area contributed by atoms with E-state index < -0.39 is 10.5 Å². The van der Waals surface area contributed by atoms with Gasteiger partial charge in [-0.05, 0) is 12.8 Å². The maximum absolute atomic E-state index is 10.9. The first-order valence-corrected chi connectivity index (χ1v) is 8.77. The van der Waals surface area contributed by atoms with Crippen molar-refractivity contribution in [2.75, 3.05) is 0 Å². The van der Waals surface area contributed by atoms with Crippen LogP contribution < -0.4 is 5.73 Å². The van der Waals surface area contributed by atoms with Crippen LogP contribution in [0.2, 0.25) is 0 Å². The number of non-ortho nitro benzene ring substituents is 1. The fourth-order valence-corrected chi connectivity index (χ4v) is 3.81. The van der Waals surface area contributed by atoms with Gasteiger partial charge in [0, 0.05) is 23.1 Å². The van der Waals surface area contributed by atoms with Crippen LogP contribution in [0, 0.1) is 10.1 Å². The second-order valence-electron chi connectivity index (χ2n) is 6.13. The van der Waals surface area contributed by atoms with E-state index in [2.05, 4.69) is 15.1 Å². The van der Waals surface area contributed by atoms with Gasteiger partial charge in [-0.15, -0.1) is 11.3 Å². The molecule has 0 bridgehead atoms. The second-order valence-corrected chi connectivity index (χ2v) is 6.99. The molecule has 2 heterocycles. The van der Waals surface area contributed by atoms with Crippen LogP contribution in [0.15, 0.2) is 34.2 Å². The lowest BCUT2D eigenvalue weighted by atomic mass is 9.99. The van der Waals surface area contributed by atoms with Crippen LogP contribution in [0.3, 0.4) is 0 Å². The van der Waals surface area contributed by atoms with E-state index in [0.717, 1.165) is 25.7 Å².